The number of carbonyl (C=O) groups is 5. The molecule has 6 aliphatic heterocycles. The van der Waals surface area contributed by atoms with Gasteiger partial charge in [-0.15, -0.1) is 11.8 Å². The van der Waals surface area contributed by atoms with Gasteiger partial charge in [0, 0.05) is 20.8 Å². The normalized spacial score (nSPS) is 28.6. The van der Waals surface area contributed by atoms with Crippen LogP contribution >= 0.6 is 11.8 Å². The van der Waals surface area contributed by atoms with Gasteiger partial charge in [-0.25, -0.2) is 0 Å². The molecule has 0 saturated carbocycles. The van der Waals surface area contributed by atoms with Gasteiger partial charge < -0.3 is 105 Å². The van der Waals surface area contributed by atoms with Crippen molar-refractivity contribution in [3.63, 3.8) is 0 Å². The molecule has 1 N–H and O–H groups in total. The lowest BCUT2D eigenvalue weighted by Gasteiger charge is -2.54. The fourth-order valence-corrected chi connectivity index (χ4v) is 19.1. The summed E-state index contributed by atoms with van der Waals surface area (Å²) in [6.07, 6.45) is -34.0. The topological polar surface area (TPSA) is 303 Å². The Morgan fingerprint density at radius 3 is 0.978 bits per heavy atom. The number of carbonyl (C=O) groups excluding carboxylic acids is 5. The zero-order valence-corrected chi connectivity index (χ0v) is 78.6. The molecule has 5 saturated heterocycles. The van der Waals surface area contributed by atoms with Crippen LogP contribution in [0, 0.1) is 0 Å². The Morgan fingerprint density at radius 1 is 0.297 bits per heavy atom. The third-order valence-electron chi connectivity index (χ3n) is 24.7. The number of amides is 2. The first-order valence-electron chi connectivity index (χ1n) is 46.9. The highest BCUT2D eigenvalue weighted by atomic mass is 32.2. The third kappa shape index (κ3) is 26.3. The highest BCUT2D eigenvalue weighted by molar-refractivity contribution is 7.99. The Morgan fingerprint density at radius 2 is 0.580 bits per heavy atom. The van der Waals surface area contributed by atoms with Gasteiger partial charge in [-0.1, -0.05) is 292 Å². The maximum Gasteiger partial charge on any atom is 0.303 e. The van der Waals surface area contributed by atoms with Crippen LogP contribution in [0.4, 0.5) is 0 Å². The number of benzene rings is 10. The van der Waals surface area contributed by atoms with Crippen molar-refractivity contribution in [3.8, 4) is 0 Å². The molecule has 29 heteroatoms. The quantitative estimate of drug-likeness (QED) is 0.0211. The summed E-state index contributed by atoms with van der Waals surface area (Å²) in [5.74, 6) is -3.71. The van der Waals surface area contributed by atoms with Gasteiger partial charge in [-0.2, -0.15) is 0 Å². The zero-order valence-electron chi connectivity index (χ0n) is 77.8. The molecule has 10 aromatic rings. The number of imide groups is 1. The lowest BCUT2D eigenvalue weighted by atomic mass is 9.92. The summed E-state index contributed by atoms with van der Waals surface area (Å²) < 4.78 is 150. The molecule has 0 bridgehead atoms. The number of aliphatic hydroxyl groups is 1. The van der Waals surface area contributed by atoms with Crippen molar-refractivity contribution in [1.82, 2.24) is 4.90 Å². The number of esters is 3. The van der Waals surface area contributed by atoms with E-state index in [1.807, 2.05) is 280 Å². The summed E-state index contributed by atoms with van der Waals surface area (Å²) in [4.78, 5) is 75.1. The van der Waals surface area contributed by atoms with Crippen LogP contribution in [0.25, 0.3) is 0 Å². The van der Waals surface area contributed by atoms with Gasteiger partial charge in [-0.3, -0.25) is 28.9 Å². The molecule has 0 radical (unpaired) electrons. The van der Waals surface area contributed by atoms with Crippen LogP contribution in [0.5, 0.6) is 0 Å². The van der Waals surface area contributed by atoms with Gasteiger partial charge in [-0.05, 0) is 81.8 Å². The molecule has 0 aliphatic carbocycles. The van der Waals surface area contributed by atoms with E-state index in [0.717, 1.165) is 64.6 Å². The smallest absolute Gasteiger partial charge is 0.303 e. The molecule has 0 unspecified atom stereocenters. The summed E-state index contributed by atoms with van der Waals surface area (Å²) in [6, 6.07) is 90.2. The molecular weight excluding hydrogens is 1790 g/mol. The molecule has 16 rings (SSSR count). The standard InChI is InChI=1S/C109H119NO27S/c1-7-138-109-102(125-65-82-53-33-16-34-54-82)97(122-62-79-47-27-13-28-48-79)93(87(133-109)68-119-59-76-41-21-10-22-42-76)135-107-99(123-63-80-49-29-14-30-50-80)95(89(114)85(131-107)66-117-57-74-37-17-8-18-38-74)137-105-88(110-103(115)83-55-35-36-56-84(83)104(110)116)94(92(86(132-105)67-118-58-75-39-19-9-20-40-75)134-108-101(130-73(6)113)98(129-72(5)112)91(70(3)127-108)128-71(4)111)136-106-100(124-64-81-51-31-15-32-52-81)96(121-61-78-45-25-12-26-46-78)90(69(2)126-106)120-60-77-43-23-11-24-44-77/h8-56,69-70,85-102,105-109,114H,7,57-68H2,1-6H3/t69-,70+,85+,86+,87+,88+,89-,90+,91-,92+,93+,94+,95-,96+,97-,98-,99+,100-,101+,102+,105-,106-,107-,108-,109-/m0/s1. The average Bonchev–Trinajstić information content (AvgIpc) is 1.53. The van der Waals surface area contributed by atoms with Gasteiger partial charge in [0.25, 0.3) is 11.8 Å². The summed E-state index contributed by atoms with van der Waals surface area (Å²) in [5, 5.41) is 14.2. The molecule has 25 atom stereocenters. The second-order valence-corrected chi connectivity index (χ2v) is 36.1. The Balaban J connectivity index is 0.892. The molecular formula is C109H119NO27S. The monoisotopic (exact) mass is 1910 g/mol. The fourth-order valence-electron chi connectivity index (χ4n) is 18.1. The predicted octanol–water partition coefficient (Wildman–Crippen LogP) is 14.9. The number of thioether (sulfide) groups is 1. The zero-order chi connectivity index (χ0) is 95.6. The molecule has 728 valence electrons. The molecule has 0 spiro atoms. The minimum absolute atomic E-state index is 0.00810. The maximum absolute atomic E-state index is 16.6. The molecule has 10 aromatic carbocycles. The minimum atomic E-state index is -2.06. The van der Waals surface area contributed by atoms with Crippen LogP contribution in [-0.4, -0.2) is 218 Å². The number of rotatable bonds is 44. The van der Waals surface area contributed by atoms with Crippen LogP contribution in [-0.2, 0) is 173 Å². The minimum Gasteiger partial charge on any atom is -0.456 e. The molecule has 0 aromatic heterocycles. The highest BCUT2D eigenvalue weighted by Crippen LogP contribution is 2.45. The Labute approximate surface area is 808 Å². The van der Waals surface area contributed by atoms with Gasteiger partial charge in [0.2, 0.25) is 0 Å². The van der Waals surface area contributed by atoms with E-state index < -0.39 is 189 Å². The summed E-state index contributed by atoms with van der Waals surface area (Å²) in [7, 11) is 0. The van der Waals surface area contributed by atoms with Gasteiger partial charge in [0.1, 0.15) is 96.9 Å². The first-order valence-corrected chi connectivity index (χ1v) is 48.0. The van der Waals surface area contributed by atoms with Crippen molar-refractivity contribution < 1.29 is 129 Å². The van der Waals surface area contributed by atoms with Crippen molar-refractivity contribution in [2.24, 2.45) is 0 Å². The number of nitrogens with zero attached hydrogens (tertiary/aromatic N) is 1. The van der Waals surface area contributed by atoms with E-state index >= 15 is 9.59 Å². The van der Waals surface area contributed by atoms with E-state index in [0.29, 0.717) is 16.9 Å². The van der Waals surface area contributed by atoms with Crippen molar-refractivity contribution in [2.45, 2.75) is 254 Å². The average molecular weight is 1910 g/mol. The SMILES string of the molecule is CCS[C@@H]1O[C@H](COCc2ccccc2)[C@@H](O[C@@H]2O[C@H](COCc3ccccc3)[C@H](O)[C@H](O[C@@H]3O[C@H](COCc4ccccc4)[C@@H](O[C@@H]4O[C@H](C)[C@H](OC(C)=O)[C@H](OC(C)=O)[C@H]4OC(C)=O)[C@H](O[C@@H]4O[C@@H](C)[C@@H](OCc5ccccc5)[C@@H](OCc5ccccc5)[C@@H]4OCc4ccccc4)[C@H]3N3C(=O)c4ccccc4C3=O)[C@H]2OCc2ccccc2)[C@H](OCc2ccccc2)[C@H]1OCc1ccccc1. The van der Waals surface area contributed by atoms with Crippen molar-refractivity contribution in [3.05, 3.63) is 358 Å². The lowest BCUT2D eigenvalue weighted by Crippen LogP contribution is -2.72. The van der Waals surface area contributed by atoms with Crippen molar-refractivity contribution in [2.75, 3.05) is 25.6 Å². The van der Waals surface area contributed by atoms with E-state index in [-0.39, 0.29) is 83.8 Å². The molecule has 28 nitrogen and oxygen atoms in total. The first kappa shape index (κ1) is 100. The highest BCUT2D eigenvalue weighted by Gasteiger charge is 2.63. The van der Waals surface area contributed by atoms with E-state index in [9.17, 15) is 19.5 Å². The summed E-state index contributed by atoms with van der Waals surface area (Å²) >= 11 is 1.53. The molecule has 5 fully saturated rings. The number of fused-ring (bicyclic) bond motifs is 1. The molecule has 6 aliphatic rings. The second kappa shape index (κ2) is 49.9. The Hall–Kier alpha value is -10.7. The summed E-state index contributed by atoms with van der Waals surface area (Å²) in [5.41, 5.74) is 6.37. The van der Waals surface area contributed by atoms with Crippen LogP contribution in [0.3, 0.4) is 0 Å². The Kier molecular flexibility index (Phi) is 36.3. The van der Waals surface area contributed by atoms with Crippen LogP contribution in [0.15, 0.2) is 297 Å². The van der Waals surface area contributed by atoms with E-state index in [1.54, 1.807) is 26.0 Å². The predicted molar refractivity (Wildman–Crippen MR) is 504 cm³/mol. The van der Waals surface area contributed by atoms with Gasteiger partial charge >= 0.3 is 17.9 Å². The van der Waals surface area contributed by atoms with Crippen LogP contribution < -0.4 is 0 Å². The van der Waals surface area contributed by atoms with Crippen LogP contribution in [0.1, 0.15) is 112 Å². The van der Waals surface area contributed by atoms with Gasteiger partial charge in [0.15, 0.2) is 43.5 Å². The largest absolute Gasteiger partial charge is 0.456 e. The van der Waals surface area contributed by atoms with Crippen molar-refractivity contribution >= 4 is 41.5 Å². The fraction of sp³-hybridized carbons (Fsp3) is 0.404. The maximum atomic E-state index is 16.6. The number of ether oxygens (including phenoxy) is 21. The Bertz CT molecular complexity index is 5380. The molecule has 6 heterocycles. The molecule has 2 amide bonds. The van der Waals surface area contributed by atoms with Crippen LogP contribution in [0.2, 0.25) is 0 Å². The van der Waals surface area contributed by atoms with E-state index in [4.69, 9.17) is 99.5 Å². The number of hydrogen-bond donors (Lipinski definition) is 1. The number of aliphatic hydroxyl groups excluding tert-OH is 1. The van der Waals surface area contributed by atoms with E-state index in [2.05, 4.69) is 0 Å². The van der Waals surface area contributed by atoms with E-state index in [1.165, 1.54) is 23.9 Å². The number of hydrogen-bond acceptors (Lipinski definition) is 28. The van der Waals surface area contributed by atoms with Gasteiger partial charge in [0.05, 0.1) is 103 Å². The first-order chi connectivity index (χ1) is 67.4. The lowest BCUT2D eigenvalue weighted by molar-refractivity contribution is -0.398. The molecule has 138 heavy (non-hydrogen) atoms. The van der Waals surface area contributed by atoms with Crippen molar-refractivity contribution in [1.29, 1.82) is 0 Å². The third-order valence-corrected chi connectivity index (χ3v) is 25.7. The summed E-state index contributed by atoms with van der Waals surface area (Å²) in [6.45, 7) is 8.04. The second-order valence-electron chi connectivity index (χ2n) is 34.7.